The summed E-state index contributed by atoms with van der Waals surface area (Å²) in [6.07, 6.45) is 4.57. The quantitative estimate of drug-likeness (QED) is 0.613. The number of rotatable bonds is 3. The van der Waals surface area contributed by atoms with Gasteiger partial charge in [-0.15, -0.1) is 0 Å². The minimum atomic E-state index is -0.0471. The van der Waals surface area contributed by atoms with Crippen LogP contribution in [0.25, 0.3) is 5.76 Å². The number of pyridine rings is 1. The fraction of sp³-hybridized carbons (Fsp3) is 0.385. The van der Waals surface area contributed by atoms with Crippen molar-refractivity contribution in [2.24, 2.45) is 5.92 Å². The number of piperidine rings is 1. The number of allylic oxidation sites excluding steroid dienone is 1. The van der Waals surface area contributed by atoms with E-state index in [0.29, 0.717) is 5.69 Å². The highest BCUT2D eigenvalue weighted by Gasteiger charge is 2.19. The summed E-state index contributed by atoms with van der Waals surface area (Å²) in [6, 6.07) is 5.23. The van der Waals surface area contributed by atoms with Gasteiger partial charge in [0.25, 0.3) is 0 Å². The maximum atomic E-state index is 11.9. The number of aliphatic hydroxyl groups excluding tert-OH is 1. The topological polar surface area (TPSA) is 62.2 Å². The molecule has 0 bridgehead atoms. The fourth-order valence-electron chi connectivity index (χ4n) is 1.95. The highest BCUT2D eigenvalue weighted by molar-refractivity contribution is 5.96. The van der Waals surface area contributed by atoms with E-state index < -0.39 is 0 Å². The van der Waals surface area contributed by atoms with E-state index in [9.17, 15) is 9.90 Å². The zero-order chi connectivity index (χ0) is 12.1. The monoisotopic (exact) mass is 232 g/mol. The van der Waals surface area contributed by atoms with E-state index in [1.807, 2.05) is 0 Å². The van der Waals surface area contributed by atoms with E-state index in [1.54, 1.807) is 24.4 Å². The standard InChI is InChI=1S/C13H16N2O2/c16-12(10-4-7-14-8-5-10)9-13(17)11-3-1-2-6-15-11/h1-3,6,9-10,14,17H,4-5,7-8H2/b13-9-. The molecule has 4 nitrogen and oxygen atoms in total. The van der Waals surface area contributed by atoms with E-state index in [4.69, 9.17) is 0 Å². The molecule has 0 radical (unpaired) electrons. The molecule has 1 aliphatic heterocycles. The number of ketones is 1. The molecular formula is C13H16N2O2. The lowest BCUT2D eigenvalue weighted by Crippen LogP contribution is -2.31. The van der Waals surface area contributed by atoms with Crippen LogP contribution in [0.5, 0.6) is 0 Å². The van der Waals surface area contributed by atoms with Crippen LogP contribution in [0.15, 0.2) is 30.5 Å². The molecule has 4 heteroatoms. The highest BCUT2D eigenvalue weighted by atomic mass is 16.3. The van der Waals surface area contributed by atoms with Crippen molar-refractivity contribution in [3.63, 3.8) is 0 Å². The van der Waals surface area contributed by atoms with E-state index in [0.717, 1.165) is 25.9 Å². The van der Waals surface area contributed by atoms with Crippen LogP contribution in [-0.4, -0.2) is 29.0 Å². The minimum absolute atomic E-state index is 0.00495. The lowest BCUT2D eigenvalue weighted by molar-refractivity contribution is -0.118. The summed E-state index contributed by atoms with van der Waals surface area (Å²) in [5.74, 6) is -0.0223. The maximum Gasteiger partial charge on any atom is 0.162 e. The van der Waals surface area contributed by atoms with Crippen LogP contribution in [-0.2, 0) is 4.79 Å². The Balaban J connectivity index is 2.05. The Morgan fingerprint density at radius 3 is 2.82 bits per heavy atom. The van der Waals surface area contributed by atoms with Gasteiger partial charge in [-0.25, -0.2) is 0 Å². The first kappa shape index (κ1) is 11.8. The first-order valence-electron chi connectivity index (χ1n) is 5.84. The second-order valence-electron chi connectivity index (χ2n) is 4.17. The second-order valence-corrected chi connectivity index (χ2v) is 4.17. The molecule has 1 aliphatic rings. The van der Waals surface area contributed by atoms with Gasteiger partial charge in [-0.1, -0.05) is 6.07 Å². The Morgan fingerprint density at radius 2 is 2.18 bits per heavy atom. The lowest BCUT2D eigenvalue weighted by Gasteiger charge is -2.19. The Bertz CT molecular complexity index is 409. The van der Waals surface area contributed by atoms with Gasteiger partial charge in [-0.3, -0.25) is 9.78 Å². The number of hydrogen-bond donors (Lipinski definition) is 2. The first-order chi connectivity index (χ1) is 8.27. The van der Waals surface area contributed by atoms with Crippen molar-refractivity contribution in [1.82, 2.24) is 10.3 Å². The van der Waals surface area contributed by atoms with Crippen LogP contribution >= 0.6 is 0 Å². The van der Waals surface area contributed by atoms with E-state index >= 15 is 0 Å². The molecule has 17 heavy (non-hydrogen) atoms. The van der Waals surface area contributed by atoms with Gasteiger partial charge in [-0.05, 0) is 38.1 Å². The summed E-state index contributed by atoms with van der Waals surface area (Å²) in [7, 11) is 0. The van der Waals surface area contributed by atoms with Gasteiger partial charge in [-0.2, -0.15) is 0 Å². The zero-order valence-corrected chi connectivity index (χ0v) is 9.60. The second kappa shape index (κ2) is 5.59. The number of aromatic nitrogens is 1. The first-order valence-corrected chi connectivity index (χ1v) is 5.84. The summed E-state index contributed by atoms with van der Waals surface area (Å²) < 4.78 is 0. The van der Waals surface area contributed by atoms with Crippen molar-refractivity contribution < 1.29 is 9.90 Å². The van der Waals surface area contributed by atoms with Gasteiger partial charge in [0.1, 0.15) is 11.5 Å². The van der Waals surface area contributed by atoms with Crippen molar-refractivity contribution in [1.29, 1.82) is 0 Å². The molecule has 0 aliphatic carbocycles. The van der Waals surface area contributed by atoms with Crippen molar-refractivity contribution in [3.8, 4) is 0 Å². The maximum absolute atomic E-state index is 11.9. The fourth-order valence-corrected chi connectivity index (χ4v) is 1.95. The zero-order valence-electron chi connectivity index (χ0n) is 9.60. The molecule has 1 aromatic rings. The number of carbonyl (C=O) groups excluding carboxylic acids is 1. The van der Waals surface area contributed by atoms with Gasteiger partial charge in [0.2, 0.25) is 0 Å². The molecule has 1 saturated heterocycles. The third-order valence-electron chi connectivity index (χ3n) is 2.95. The third-order valence-corrected chi connectivity index (χ3v) is 2.95. The largest absolute Gasteiger partial charge is 0.506 e. The number of carbonyl (C=O) groups is 1. The lowest BCUT2D eigenvalue weighted by atomic mass is 9.93. The Labute approximate surface area is 100 Å². The van der Waals surface area contributed by atoms with E-state index in [-0.39, 0.29) is 17.5 Å². The molecule has 0 amide bonds. The van der Waals surface area contributed by atoms with Crippen LogP contribution < -0.4 is 5.32 Å². The number of nitrogens with zero attached hydrogens (tertiary/aromatic N) is 1. The number of aliphatic hydroxyl groups is 1. The molecule has 1 fully saturated rings. The summed E-state index contributed by atoms with van der Waals surface area (Å²) in [6.45, 7) is 1.74. The summed E-state index contributed by atoms with van der Waals surface area (Å²) in [4.78, 5) is 15.9. The van der Waals surface area contributed by atoms with E-state index in [2.05, 4.69) is 10.3 Å². The molecule has 0 saturated carbocycles. The van der Waals surface area contributed by atoms with Crippen LogP contribution in [0.1, 0.15) is 18.5 Å². The van der Waals surface area contributed by atoms with Crippen LogP contribution in [0.4, 0.5) is 0 Å². The molecule has 0 spiro atoms. The molecule has 0 atom stereocenters. The van der Waals surface area contributed by atoms with Gasteiger partial charge >= 0.3 is 0 Å². The van der Waals surface area contributed by atoms with E-state index in [1.165, 1.54) is 6.08 Å². The SMILES string of the molecule is O=C(/C=C(\O)c1ccccn1)C1CCNCC1. The van der Waals surface area contributed by atoms with Crippen LogP contribution in [0.2, 0.25) is 0 Å². The third kappa shape index (κ3) is 3.14. The van der Waals surface area contributed by atoms with Gasteiger partial charge in [0.05, 0.1) is 0 Å². The normalized spacial score (nSPS) is 18.0. The molecule has 0 aromatic carbocycles. The van der Waals surface area contributed by atoms with Crippen LogP contribution in [0, 0.1) is 5.92 Å². The molecule has 2 N–H and O–H groups in total. The summed E-state index contributed by atoms with van der Waals surface area (Å²) in [5, 5.41) is 13.0. The molecule has 2 heterocycles. The van der Waals surface area contributed by atoms with Crippen LogP contribution in [0.3, 0.4) is 0 Å². The Kier molecular flexibility index (Phi) is 3.88. The molecule has 2 rings (SSSR count). The number of hydrogen-bond acceptors (Lipinski definition) is 4. The molecule has 0 unspecified atom stereocenters. The predicted octanol–water partition coefficient (Wildman–Crippen LogP) is 1.55. The van der Waals surface area contributed by atoms with Crippen molar-refractivity contribution in [2.75, 3.05) is 13.1 Å². The number of nitrogens with one attached hydrogen (secondary N) is 1. The summed E-state index contributed by atoms with van der Waals surface area (Å²) >= 11 is 0. The molecule has 90 valence electrons. The van der Waals surface area contributed by atoms with Crippen molar-refractivity contribution >= 4 is 11.5 Å². The smallest absolute Gasteiger partial charge is 0.162 e. The average molecular weight is 232 g/mol. The van der Waals surface area contributed by atoms with Gasteiger partial charge < -0.3 is 10.4 Å². The predicted molar refractivity (Wildman–Crippen MR) is 65.4 cm³/mol. The summed E-state index contributed by atoms with van der Waals surface area (Å²) in [5.41, 5.74) is 0.440. The Morgan fingerprint density at radius 1 is 1.41 bits per heavy atom. The average Bonchev–Trinajstić information content (AvgIpc) is 2.40. The molecular weight excluding hydrogens is 216 g/mol. The Hall–Kier alpha value is -1.68. The van der Waals surface area contributed by atoms with Crippen molar-refractivity contribution in [3.05, 3.63) is 36.2 Å². The van der Waals surface area contributed by atoms with Gasteiger partial charge in [0.15, 0.2) is 5.78 Å². The minimum Gasteiger partial charge on any atom is -0.506 e. The highest BCUT2D eigenvalue weighted by Crippen LogP contribution is 2.16. The molecule has 1 aromatic heterocycles. The van der Waals surface area contributed by atoms with Gasteiger partial charge in [0, 0.05) is 18.2 Å². The van der Waals surface area contributed by atoms with Crippen molar-refractivity contribution in [2.45, 2.75) is 12.8 Å².